The number of carbonyl (C=O) groups is 1. The van der Waals surface area contributed by atoms with Gasteiger partial charge in [0.1, 0.15) is 0 Å². The lowest BCUT2D eigenvalue weighted by Gasteiger charge is -2.22. The van der Waals surface area contributed by atoms with Crippen LogP contribution in [0.2, 0.25) is 0 Å². The monoisotopic (exact) mass is 262 g/mol. The third-order valence-electron chi connectivity index (χ3n) is 3.38. The van der Waals surface area contributed by atoms with Crippen molar-refractivity contribution in [2.24, 2.45) is 5.92 Å². The Labute approximate surface area is 116 Å². The zero-order valence-corrected chi connectivity index (χ0v) is 12.3. The molecule has 3 heteroatoms. The zero-order chi connectivity index (χ0) is 14.1. The van der Waals surface area contributed by atoms with Gasteiger partial charge in [-0.15, -0.1) is 0 Å². The zero-order valence-electron chi connectivity index (χ0n) is 12.3. The van der Waals surface area contributed by atoms with Crippen LogP contribution in [0.1, 0.15) is 38.2 Å². The third kappa shape index (κ3) is 5.88. The molecule has 0 aliphatic rings. The van der Waals surface area contributed by atoms with Gasteiger partial charge in [0, 0.05) is 18.9 Å². The maximum absolute atomic E-state index is 11.7. The van der Waals surface area contributed by atoms with Gasteiger partial charge in [-0.25, -0.2) is 0 Å². The molecule has 0 saturated carbocycles. The predicted octanol–water partition coefficient (Wildman–Crippen LogP) is 2.54. The van der Waals surface area contributed by atoms with Gasteiger partial charge < -0.3 is 10.6 Å². The van der Waals surface area contributed by atoms with E-state index in [1.807, 2.05) is 13.1 Å². The predicted molar refractivity (Wildman–Crippen MR) is 80.2 cm³/mol. The molecular formula is C16H26N2O. The molecule has 1 atom stereocenters. The van der Waals surface area contributed by atoms with E-state index in [2.05, 4.69) is 48.7 Å². The van der Waals surface area contributed by atoms with Crippen molar-refractivity contribution < 1.29 is 4.79 Å². The van der Waals surface area contributed by atoms with Crippen LogP contribution in [0.3, 0.4) is 0 Å². The fourth-order valence-corrected chi connectivity index (χ4v) is 2.18. The lowest BCUT2D eigenvalue weighted by Crippen LogP contribution is -2.30. The molecule has 0 radical (unpaired) electrons. The van der Waals surface area contributed by atoms with Crippen LogP contribution in [0, 0.1) is 5.92 Å². The van der Waals surface area contributed by atoms with Crippen LogP contribution >= 0.6 is 0 Å². The molecule has 0 saturated heterocycles. The van der Waals surface area contributed by atoms with Crippen molar-refractivity contribution in [3.63, 3.8) is 0 Å². The maximum atomic E-state index is 11.7. The van der Waals surface area contributed by atoms with Crippen molar-refractivity contribution in [3.05, 3.63) is 35.9 Å². The number of rotatable bonds is 8. The standard InChI is InChI=1S/C16H26N2O/c1-13(2)15(14-8-5-4-6-9-14)12-18-16(19)10-7-11-17-3/h4-6,8-9,13,15,17H,7,10-12H2,1-3H3,(H,18,19). The summed E-state index contributed by atoms with van der Waals surface area (Å²) in [7, 11) is 1.90. The number of hydrogen-bond acceptors (Lipinski definition) is 2. The number of hydrogen-bond donors (Lipinski definition) is 2. The van der Waals surface area contributed by atoms with E-state index in [-0.39, 0.29) is 5.91 Å². The molecule has 3 nitrogen and oxygen atoms in total. The summed E-state index contributed by atoms with van der Waals surface area (Å²) in [6.45, 7) is 6.01. The molecule has 1 aromatic carbocycles. The van der Waals surface area contributed by atoms with Gasteiger partial charge in [0.2, 0.25) is 5.91 Å². The highest BCUT2D eigenvalue weighted by Crippen LogP contribution is 2.23. The fraction of sp³-hybridized carbons (Fsp3) is 0.562. The van der Waals surface area contributed by atoms with Gasteiger partial charge >= 0.3 is 0 Å². The molecule has 0 spiro atoms. The summed E-state index contributed by atoms with van der Waals surface area (Å²) >= 11 is 0. The third-order valence-corrected chi connectivity index (χ3v) is 3.38. The van der Waals surface area contributed by atoms with Crippen molar-refractivity contribution >= 4 is 5.91 Å². The summed E-state index contributed by atoms with van der Waals surface area (Å²) in [5.74, 6) is 1.05. The van der Waals surface area contributed by atoms with E-state index < -0.39 is 0 Å². The molecule has 0 fully saturated rings. The second-order valence-electron chi connectivity index (χ2n) is 5.27. The molecule has 0 aliphatic carbocycles. The first kappa shape index (κ1) is 15.7. The second-order valence-corrected chi connectivity index (χ2v) is 5.27. The Hall–Kier alpha value is -1.35. The molecular weight excluding hydrogens is 236 g/mol. The summed E-state index contributed by atoms with van der Waals surface area (Å²) in [6.07, 6.45) is 1.49. The van der Waals surface area contributed by atoms with Crippen LogP contribution in [0.5, 0.6) is 0 Å². The van der Waals surface area contributed by atoms with Gasteiger partial charge in [0.15, 0.2) is 0 Å². The topological polar surface area (TPSA) is 41.1 Å². The van der Waals surface area contributed by atoms with Crippen molar-refractivity contribution in [2.45, 2.75) is 32.6 Å². The van der Waals surface area contributed by atoms with E-state index in [1.54, 1.807) is 0 Å². The summed E-state index contributed by atoms with van der Waals surface area (Å²) in [6, 6.07) is 10.4. The van der Waals surface area contributed by atoms with Gasteiger partial charge in [-0.3, -0.25) is 4.79 Å². The first-order chi connectivity index (χ1) is 9.15. The van der Waals surface area contributed by atoms with Gasteiger partial charge in [0.05, 0.1) is 0 Å². The van der Waals surface area contributed by atoms with Crippen LogP contribution < -0.4 is 10.6 Å². The molecule has 2 N–H and O–H groups in total. The van der Waals surface area contributed by atoms with Crippen molar-refractivity contribution in [2.75, 3.05) is 20.1 Å². The summed E-state index contributed by atoms with van der Waals surface area (Å²) in [5.41, 5.74) is 1.30. The maximum Gasteiger partial charge on any atom is 0.220 e. The van der Waals surface area contributed by atoms with Crippen LogP contribution in [-0.4, -0.2) is 26.0 Å². The minimum atomic E-state index is 0.150. The number of amides is 1. The first-order valence-electron chi connectivity index (χ1n) is 7.11. The summed E-state index contributed by atoms with van der Waals surface area (Å²) in [4.78, 5) is 11.7. The molecule has 19 heavy (non-hydrogen) atoms. The molecule has 1 amide bonds. The number of nitrogens with one attached hydrogen (secondary N) is 2. The molecule has 0 bridgehead atoms. The van der Waals surface area contributed by atoms with Gasteiger partial charge in [-0.2, -0.15) is 0 Å². The highest BCUT2D eigenvalue weighted by atomic mass is 16.1. The Morgan fingerprint density at radius 3 is 2.47 bits per heavy atom. The van der Waals surface area contributed by atoms with Crippen molar-refractivity contribution in [3.8, 4) is 0 Å². The van der Waals surface area contributed by atoms with E-state index in [1.165, 1.54) is 5.56 Å². The molecule has 1 aromatic rings. The summed E-state index contributed by atoms with van der Waals surface area (Å²) in [5, 5.41) is 6.11. The Morgan fingerprint density at radius 1 is 1.21 bits per heavy atom. The van der Waals surface area contributed by atoms with Crippen LogP contribution in [0.25, 0.3) is 0 Å². The van der Waals surface area contributed by atoms with E-state index in [4.69, 9.17) is 0 Å². The second kappa shape index (κ2) is 8.70. The minimum Gasteiger partial charge on any atom is -0.355 e. The van der Waals surface area contributed by atoms with E-state index in [9.17, 15) is 4.79 Å². The summed E-state index contributed by atoms with van der Waals surface area (Å²) < 4.78 is 0. The average Bonchev–Trinajstić information content (AvgIpc) is 2.40. The van der Waals surface area contributed by atoms with Gasteiger partial charge in [-0.1, -0.05) is 44.2 Å². The van der Waals surface area contributed by atoms with Crippen LogP contribution in [-0.2, 0) is 4.79 Å². The number of benzene rings is 1. The SMILES string of the molecule is CNCCCC(=O)NCC(c1ccccc1)C(C)C. The normalized spacial score (nSPS) is 12.4. The van der Waals surface area contributed by atoms with E-state index in [0.717, 1.165) is 19.5 Å². The van der Waals surface area contributed by atoms with E-state index >= 15 is 0 Å². The Bertz CT molecular complexity index is 362. The quantitative estimate of drug-likeness (QED) is 0.707. The Kier molecular flexibility index (Phi) is 7.19. The molecule has 0 heterocycles. The van der Waals surface area contributed by atoms with Crippen LogP contribution in [0.4, 0.5) is 0 Å². The first-order valence-corrected chi connectivity index (χ1v) is 7.11. The smallest absolute Gasteiger partial charge is 0.220 e. The molecule has 1 rings (SSSR count). The lowest BCUT2D eigenvalue weighted by atomic mass is 9.88. The van der Waals surface area contributed by atoms with Crippen molar-refractivity contribution in [1.29, 1.82) is 0 Å². The lowest BCUT2D eigenvalue weighted by molar-refractivity contribution is -0.121. The fourth-order valence-electron chi connectivity index (χ4n) is 2.18. The van der Waals surface area contributed by atoms with Gasteiger partial charge in [0.25, 0.3) is 0 Å². The van der Waals surface area contributed by atoms with Crippen LogP contribution in [0.15, 0.2) is 30.3 Å². The highest BCUT2D eigenvalue weighted by molar-refractivity contribution is 5.75. The highest BCUT2D eigenvalue weighted by Gasteiger charge is 2.16. The Morgan fingerprint density at radius 2 is 1.89 bits per heavy atom. The van der Waals surface area contributed by atoms with Crippen molar-refractivity contribution in [1.82, 2.24) is 10.6 Å². The molecule has 1 unspecified atom stereocenters. The van der Waals surface area contributed by atoms with E-state index in [0.29, 0.717) is 18.3 Å². The van der Waals surface area contributed by atoms with Gasteiger partial charge in [-0.05, 0) is 31.5 Å². The largest absolute Gasteiger partial charge is 0.355 e. The average molecular weight is 262 g/mol. The number of carbonyl (C=O) groups excluding carboxylic acids is 1. The molecule has 106 valence electrons. The minimum absolute atomic E-state index is 0.150. The Balaban J connectivity index is 2.45. The molecule has 0 aliphatic heterocycles. The molecule has 0 aromatic heterocycles.